The summed E-state index contributed by atoms with van der Waals surface area (Å²) in [6, 6.07) is 5.20. The number of aryl methyl sites for hydroxylation is 2. The highest BCUT2D eigenvalue weighted by Gasteiger charge is 2.17. The summed E-state index contributed by atoms with van der Waals surface area (Å²) in [7, 11) is 1.78. The highest BCUT2D eigenvalue weighted by atomic mass is 32.1. The van der Waals surface area contributed by atoms with Crippen molar-refractivity contribution in [2.24, 2.45) is 11.7 Å². The Morgan fingerprint density at radius 3 is 2.53 bits per heavy atom. The molecule has 0 bridgehead atoms. The molecule has 2 aromatic rings. The largest absolute Gasteiger partial charge is 0.388 e. The highest BCUT2D eigenvalue weighted by molar-refractivity contribution is 7.15. The number of ether oxygens (including phenoxy) is 2. The molecule has 0 fully saturated rings. The molecule has 34 heavy (non-hydrogen) atoms. The SMILES string of the molecule is CNc1ccc(C(=O)Nc2nc(C)c(CCC(C)C)s2)c(NC(=O)CCOCCOCCN)c1. The fraction of sp³-hybridized carbons (Fsp3) is 0.542. The molecule has 0 radical (unpaired) electrons. The van der Waals surface area contributed by atoms with E-state index in [0.717, 1.165) is 24.2 Å². The van der Waals surface area contributed by atoms with Gasteiger partial charge in [0.25, 0.3) is 5.91 Å². The van der Waals surface area contributed by atoms with Crippen molar-refractivity contribution >= 4 is 39.7 Å². The second kappa shape index (κ2) is 14.7. The van der Waals surface area contributed by atoms with Crippen LogP contribution in [0, 0.1) is 12.8 Å². The normalized spacial score (nSPS) is 11.0. The average Bonchev–Trinajstić information content (AvgIpc) is 3.15. The van der Waals surface area contributed by atoms with Crippen LogP contribution in [0.25, 0.3) is 0 Å². The Kier molecular flexibility index (Phi) is 12.0. The molecule has 1 aromatic heterocycles. The van der Waals surface area contributed by atoms with Crippen LogP contribution in [0.2, 0.25) is 0 Å². The van der Waals surface area contributed by atoms with E-state index >= 15 is 0 Å². The number of thiazole rings is 1. The third kappa shape index (κ3) is 9.38. The lowest BCUT2D eigenvalue weighted by atomic mass is 10.1. The molecule has 9 nitrogen and oxygen atoms in total. The molecule has 188 valence electrons. The molecule has 5 N–H and O–H groups in total. The Labute approximate surface area is 205 Å². The predicted molar refractivity (Wildman–Crippen MR) is 138 cm³/mol. The van der Waals surface area contributed by atoms with Gasteiger partial charge in [-0.15, -0.1) is 11.3 Å². The lowest BCUT2D eigenvalue weighted by molar-refractivity contribution is -0.117. The Morgan fingerprint density at radius 1 is 1.12 bits per heavy atom. The number of aromatic nitrogens is 1. The van der Waals surface area contributed by atoms with Crippen molar-refractivity contribution in [1.29, 1.82) is 0 Å². The van der Waals surface area contributed by atoms with Gasteiger partial charge in [0.15, 0.2) is 5.13 Å². The van der Waals surface area contributed by atoms with E-state index in [1.165, 1.54) is 16.2 Å². The number of anilines is 3. The Hall–Kier alpha value is -2.53. The Balaban J connectivity index is 1.99. The molecule has 2 rings (SSSR count). The van der Waals surface area contributed by atoms with Crippen molar-refractivity contribution in [2.75, 3.05) is 56.0 Å². The van der Waals surface area contributed by atoms with Gasteiger partial charge >= 0.3 is 0 Å². The molecule has 1 aromatic carbocycles. The Morgan fingerprint density at radius 2 is 1.85 bits per heavy atom. The number of nitrogens with zero attached hydrogens (tertiary/aromatic N) is 1. The fourth-order valence-corrected chi connectivity index (χ4v) is 4.05. The molecule has 0 aliphatic carbocycles. The zero-order valence-corrected chi connectivity index (χ0v) is 21.3. The van der Waals surface area contributed by atoms with E-state index in [4.69, 9.17) is 15.2 Å². The molecule has 0 atom stereocenters. The average molecular weight is 492 g/mol. The van der Waals surface area contributed by atoms with Crippen LogP contribution in [-0.2, 0) is 20.7 Å². The third-order valence-corrected chi connectivity index (χ3v) is 6.13. The molecular weight excluding hydrogens is 454 g/mol. The van der Waals surface area contributed by atoms with Crippen molar-refractivity contribution in [3.05, 3.63) is 34.3 Å². The predicted octanol–water partition coefficient (Wildman–Crippen LogP) is 3.65. The number of nitrogens with one attached hydrogen (secondary N) is 3. The number of carbonyl (C=O) groups excluding carboxylic acids is 2. The fourth-order valence-electron chi connectivity index (χ4n) is 3.08. The monoisotopic (exact) mass is 491 g/mol. The van der Waals surface area contributed by atoms with Crippen LogP contribution in [0.3, 0.4) is 0 Å². The quantitative estimate of drug-likeness (QED) is 0.280. The summed E-state index contributed by atoms with van der Waals surface area (Å²) in [5, 5.41) is 9.30. The summed E-state index contributed by atoms with van der Waals surface area (Å²) in [4.78, 5) is 31.2. The van der Waals surface area contributed by atoms with E-state index in [-0.39, 0.29) is 24.8 Å². The van der Waals surface area contributed by atoms with Gasteiger partial charge in [0, 0.05) is 24.2 Å². The Bertz CT molecular complexity index is 932. The minimum Gasteiger partial charge on any atom is -0.388 e. The van der Waals surface area contributed by atoms with Crippen LogP contribution in [0.1, 0.15) is 47.6 Å². The minimum atomic E-state index is -0.324. The van der Waals surface area contributed by atoms with Crippen molar-refractivity contribution in [3.8, 4) is 0 Å². The summed E-state index contributed by atoms with van der Waals surface area (Å²) in [5.41, 5.74) is 7.86. The third-order valence-electron chi connectivity index (χ3n) is 5.00. The van der Waals surface area contributed by atoms with Crippen molar-refractivity contribution in [2.45, 2.75) is 40.0 Å². The van der Waals surface area contributed by atoms with Gasteiger partial charge < -0.3 is 25.8 Å². The number of nitrogens with two attached hydrogens (primary N) is 1. The van der Waals surface area contributed by atoms with E-state index in [2.05, 4.69) is 34.8 Å². The first kappa shape index (κ1) is 27.7. The molecule has 0 aliphatic heterocycles. The molecular formula is C24H37N5O4S. The maximum atomic E-state index is 13.0. The molecule has 1 heterocycles. The van der Waals surface area contributed by atoms with Gasteiger partial charge in [-0.1, -0.05) is 13.8 Å². The van der Waals surface area contributed by atoms with Crippen LogP contribution in [0.15, 0.2) is 18.2 Å². The maximum absolute atomic E-state index is 13.0. The smallest absolute Gasteiger partial charge is 0.259 e. The number of amides is 2. The minimum absolute atomic E-state index is 0.159. The van der Waals surface area contributed by atoms with Gasteiger partial charge in [0.2, 0.25) is 5.91 Å². The molecule has 0 unspecified atom stereocenters. The number of rotatable bonds is 15. The molecule has 0 spiro atoms. The van der Waals surface area contributed by atoms with Gasteiger partial charge in [-0.3, -0.25) is 14.9 Å². The molecule has 0 saturated heterocycles. The van der Waals surface area contributed by atoms with Gasteiger partial charge in [-0.2, -0.15) is 0 Å². The van der Waals surface area contributed by atoms with E-state index in [1.807, 2.05) is 6.92 Å². The molecule has 0 saturated carbocycles. The number of hydrogen-bond donors (Lipinski definition) is 4. The van der Waals surface area contributed by atoms with Gasteiger partial charge in [-0.25, -0.2) is 4.98 Å². The van der Waals surface area contributed by atoms with Crippen LogP contribution in [-0.4, -0.2) is 56.8 Å². The van der Waals surface area contributed by atoms with Crippen molar-refractivity contribution < 1.29 is 19.1 Å². The molecule has 2 amide bonds. The topological polar surface area (TPSA) is 128 Å². The summed E-state index contributed by atoms with van der Waals surface area (Å²) < 4.78 is 10.6. The highest BCUT2D eigenvalue weighted by Crippen LogP contribution is 2.27. The first-order valence-corrected chi connectivity index (χ1v) is 12.4. The van der Waals surface area contributed by atoms with E-state index in [1.54, 1.807) is 25.2 Å². The first-order valence-electron chi connectivity index (χ1n) is 11.6. The number of benzene rings is 1. The molecule has 10 heteroatoms. The first-order chi connectivity index (χ1) is 16.3. The second-order valence-corrected chi connectivity index (χ2v) is 9.32. The molecule has 0 aliphatic rings. The van der Waals surface area contributed by atoms with Crippen molar-refractivity contribution in [3.63, 3.8) is 0 Å². The summed E-state index contributed by atoms with van der Waals surface area (Å²) >= 11 is 1.50. The maximum Gasteiger partial charge on any atom is 0.259 e. The van der Waals surface area contributed by atoms with Crippen molar-refractivity contribution in [1.82, 2.24) is 4.98 Å². The lowest BCUT2D eigenvalue weighted by Gasteiger charge is -2.13. The van der Waals surface area contributed by atoms with Crippen LogP contribution >= 0.6 is 11.3 Å². The second-order valence-electron chi connectivity index (χ2n) is 8.24. The van der Waals surface area contributed by atoms with Gasteiger partial charge in [0.05, 0.1) is 49.8 Å². The summed E-state index contributed by atoms with van der Waals surface area (Å²) in [5.74, 6) is 0.0351. The van der Waals surface area contributed by atoms with Gasteiger partial charge in [0.1, 0.15) is 0 Å². The van der Waals surface area contributed by atoms with Crippen LogP contribution in [0.5, 0.6) is 0 Å². The number of carbonyl (C=O) groups is 2. The summed E-state index contributed by atoms with van der Waals surface area (Å²) in [6.45, 7) is 8.36. The number of hydrogen-bond acceptors (Lipinski definition) is 8. The standard InChI is InChI=1S/C24H37N5O4S/c1-16(2)5-8-21-17(3)27-24(34-21)29-23(31)19-7-6-18(26-4)15-20(19)28-22(30)9-11-32-13-14-33-12-10-25/h6-7,15-16,26H,5,8-14,25H2,1-4H3,(H,28,30)(H,27,29,31). The van der Waals surface area contributed by atoms with Crippen LogP contribution in [0.4, 0.5) is 16.5 Å². The van der Waals surface area contributed by atoms with E-state index in [0.29, 0.717) is 48.7 Å². The summed E-state index contributed by atoms with van der Waals surface area (Å²) in [6.07, 6.45) is 2.17. The van der Waals surface area contributed by atoms with Gasteiger partial charge in [-0.05, 0) is 43.9 Å². The van der Waals surface area contributed by atoms with Crippen LogP contribution < -0.4 is 21.7 Å². The zero-order valence-electron chi connectivity index (χ0n) is 20.5. The van der Waals surface area contributed by atoms with E-state index < -0.39 is 0 Å². The lowest BCUT2D eigenvalue weighted by Crippen LogP contribution is -2.20. The van der Waals surface area contributed by atoms with E-state index in [9.17, 15) is 9.59 Å². The zero-order chi connectivity index (χ0) is 24.9.